The molecule has 0 fully saturated rings. The predicted octanol–water partition coefficient (Wildman–Crippen LogP) is 5.15. The Balaban J connectivity index is 2.09. The van der Waals surface area contributed by atoms with Crippen LogP contribution in [0, 0.1) is 5.82 Å². The lowest BCUT2D eigenvalue weighted by molar-refractivity contribution is -0.670. The van der Waals surface area contributed by atoms with Crippen LogP contribution in [0.15, 0.2) is 65.4 Å². The summed E-state index contributed by atoms with van der Waals surface area (Å²) in [5.74, 6) is 0.560. The zero-order valence-electron chi connectivity index (χ0n) is 13.6. The first-order valence-electron chi connectivity index (χ1n) is 7.76. The number of rotatable bonds is 4. The minimum atomic E-state index is -0.227. The molecule has 0 N–H and O–H groups in total. The molecule has 0 aliphatic heterocycles. The number of hydrogen-bond acceptors (Lipinski definition) is 1. The number of ether oxygens (including phenoxy) is 1. The van der Waals surface area contributed by atoms with Gasteiger partial charge in [0.15, 0.2) is 18.2 Å². The van der Waals surface area contributed by atoms with Crippen molar-refractivity contribution in [1.82, 2.24) is 0 Å². The third-order valence-corrected chi connectivity index (χ3v) is 4.24. The van der Waals surface area contributed by atoms with Gasteiger partial charge in [0.25, 0.3) is 0 Å². The van der Waals surface area contributed by atoms with Crippen molar-refractivity contribution in [2.24, 2.45) is 7.05 Å². The van der Waals surface area contributed by atoms with Gasteiger partial charge >= 0.3 is 0 Å². The molecule has 3 aromatic rings. The highest BCUT2D eigenvalue weighted by atomic mass is 79.9. The lowest BCUT2D eigenvalue weighted by Gasteiger charge is -2.09. The quantitative estimate of drug-likeness (QED) is 0.565. The van der Waals surface area contributed by atoms with Crippen molar-refractivity contribution in [3.63, 3.8) is 0 Å². The van der Waals surface area contributed by atoms with E-state index in [2.05, 4.69) is 15.9 Å². The second-order valence-electron chi connectivity index (χ2n) is 5.53. The molecule has 0 radical (unpaired) electrons. The molecule has 0 saturated heterocycles. The molecule has 2 nitrogen and oxygen atoms in total. The first-order valence-corrected chi connectivity index (χ1v) is 8.55. The van der Waals surface area contributed by atoms with Gasteiger partial charge in [-0.25, -0.2) is 8.96 Å². The van der Waals surface area contributed by atoms with Crippen molar-refractivity contribution in [2.45, 2.75) is 6.92 Å². The maximum Gasteiger partial charge on any atom is 0.179 e. The van der Waals surface area contributed by atoms with E-state index in [4.69, 9.17) is 4.74 Å². The van der Waals surface area contributed by atoms with Gasteiger partial charge in [0.1, 0.15) is 12.8 Å². The normalized spacial score (nSPS) is 10.7. The zero-order chi connectivity index (χ0) is 17.1. The second kappa shape index (κ2) is 7.14. The summed E-state index contributed by atoms with van der Waals surface area (Å²) in [5.41, 5.74) is 2.80. The van der Waals surface area contributed by atoms with Gasteiger partial charge in [-0.2, -0.15) is 0 Å². The van der Waals surface area contributed by atoms with Gasteiger partial charge in [0.2, 0.25) is 0 Å². The van der Waals surface area contributed by atoms with Crippen LogP contribution in [-0.2, 0) is 7.05 Å². The summed E-state index contributed by atoms with van der Waals surface area (Å²) in [6.45, 7) is 2.55. The summed E-state index contributed by atoms with van der Waals surface area (Å²) >= 11 is 3.45. The SMILES string of the molecule is CCOc1ccc(-c2c[n+](C)cc(-c3cccc(Br)c3)c2F)cc1. The molecule has 0 aliphatic carbocycles. The van der Waals surface area contributed by atoms with Crippen LogP contribution < -0.4 is 9.30 Å². The molecular weight excluding hydrogens is 369 g/mol. The molecule has 24 heavy (non-hydrogen) atoms. The van der Waals surface area contributed by atoms with E-state index in [9.17, 15) is 0 Å². The Labute approximate surface area is 149 Å². The van der Waals surface area contributed by atoms with E-state index in [-0.39, 0.29) is 5.82 Å². The van der Waals surface area contributed by atoms with Crippen molar-refractivity contribution in [3.05, 3.63) is 71.2 Å². The molecule has 0 unspecified atom stereocenters. The maximum atomic E-state index is 15.1. The molecule has 1 aromatic heterocycles. The number of aryl methyl sites for hydroxylation is 1. The fraction of sp³-hybridized carbons (Fsp3) is 0.150. The molecule has 3 rings (SSSR count). The number of hydrogen-bond donors (Lipinski definition) is 0. The van der Waals surface area contributed by atoms with Crippen LogP contribution in [0.3, 0.4) is 0 Å². The third-order valence-electron chi connectivity index (χ3n) is 3.75. The highest BCUT2D eigenvalue weighted by Gasteiger charge is 2.18. The second-order valence-corrected chi connectivity index (χ2v) is 6.45. The molecule has 0 amide bonds. The standard InChI is InChI=1S/C20H18BrFNO/c1-3-24-17-9-7-14(8-10-17)18-12-23(2)13-19(20(18)22)15-5-4-6-16(21)11-15/h4-13H,3H2,1-2H3/q+1. The molecule has 0 saturated carbocycles. The Morgan fingerprint density at radius 2 is 1.67 bits per heavy atom. The van der Waals surface area contributed by atoms with Crippen LogP contribution >= 0.6 is 15.9 Å². The highest BCUT2D eigenvalue weighted by Crippen LogP contribution is 2.31. The number of benzene rings is 2. The Bertz CT molecular complexity index is 862. The van der Waals surface area contributed by atoms with Crippen molar-refractivity contribution in [3.8, 4) is 28.0 Å². The van der Waals surface area contributed by atoms with E-state index in [0.29, 0.717) is 17.7 Å². The Kier molecular flexibility index (Phi) is 4.95. The van der Waals surface area contributed by atoms with Crippen LogP contribution in [-0.4, -0.2) is 6.61 Å². The summed E-state index contributed by atoms with van der Waals surface area (Å²) < 4.78 is 23.4. The summed E-state index contributed by atoms with van der Waals surface area (Å²) in [6.07, 6.45) is 3.60. The first kappa shape index (κ1) is 16.7. The highest BCUT2D eigenvalue weighted by molar-refractivity contribution is 9.10. The summed E-state index contributed by atoms with van der Waals surface area (Å²) in [5, 5.41) is 0. The average molecular weight is 387 g/mol. The molecule has 122 valence electrons. The molecule has 0 spiro atoms. The molecule has 0 atom stereocenters. The minimum absolute atomic E-state index is 0.227. The van der Waals surface area contributed by atoms with Crippen LogP contribution in [0.1, 0.15) is 6.92 Å². The summed E-state index contributed by atoms with van der Waals surface area (Å²) in [6, 6.07) is 15.2. The lowest BCUT2D eigenvalue weighted by Crippen LogP contribution is -2.28. The van der Waals surface area contributed by atoms with Gasteiger partial charge in [-0.15, -0.1) is 0 Å². The van der Waals surface area contributed by atoms with Crippen LogP contribution in [0.4, 0.5) is 4.39 Å². The fourth-order valence-corrected chi connectivity index (χ4v) is 3.06. The Hall–Kier alpha value is -2.20. The zero-order valence-corrected chi connectivity index (χ0v) is 15.2. The largest absolute Gasteiger partial charge is 0.494 e. The van der Waals surface area contributed by atoms with Crippen molar-refractivity contribution < 1.29 is 13.7 Å². The number of nitrogens with zero attached hydrogens (tertiary/aromatic N) is 1. The molecule has 0 bridgehead atoms. The van der Waals surface area contributed by atoms with Crippen LogP contribution in [0.5, 0.6) is 5.75 Å². The maximum absolute atomic E-state index is 15.1. The molecule has 0 aliphatic rings. The predicted molar refractivity (Wildman–Crippen MR) is 97.3 cm³/mol. The van der Waals surface area contributed by atoms with Gasteiger partial charge in [0.05, 0.1) is 17.7 Å². The number of halogens is 2. The number of aromatic nitrogens is 1. The third kappa shape index (κ3) is 3.49. The Morgan fingerprint density at radius 1 is 1.00 bits per heavy atom. The molecule has 1 heterocycles. The van der Waals surface area contributed by atoms with E-state index >= 15 is 4.39 Å². The van der Waals surface area contributed by atoms with Crippen LogP contribution in [0.25, 0.3) is 22.3 Å². The minimum Gasteiger partial charge on any atom is -0.494 e. The van der Waals surface area contributed by atoms with E-state index in [1.54, 1.807) is 12.4 Å². The fourth-order valence-electron chi connectivity index (χ4n) is 2.66. The van der Waals surface area contributed by atoms with Gasteiger partial charge in [-0.3, -0.25) is 0 Å². The Morgan fingerprint density at radius 3 is 2.29 bits per heavy atom. The van der Waals surface area contributed by atoms with E-state index in [1.165, 1.54) is 0 Å². The first-order chi connectivity index (χ1) is 11.6. The molecular formula is C20H18BrFNO+. The van der Waals surface area contributed by atoms with Gasteiger partial charge in [-0.1, -0.05) is 40.2 Å². The van der Waals surface area contributed by atoms with Gasteiger partial charge in [-0.05, 0) is 42.3 Å². The monoisotopic (exact) mass is 386 g/mol. The van der Waals surface area contributed by atoms with E-state index in [1.807, 2.05) is 67.1 Å². The van der Waals surface area contributed by atoms with Crippen molar-refractivity contribution in [2.75, 3.05) is 6.61 Å². The topological polar surface area (TPSA) is 13.1 Å². The smallest absolute Gasteiger partial charge is 0.179 e. The van der Waals surface area contributed by atoms with E-state index < -0.39 is 0 Å². The van der Waals surface area contributed by atoms with Gasteiger partial charge in [0, 0.05) is 4.47 Å². The average Bonchev–Trinajstić information content (AvgIpc) is 2.58. The van der Waals surface area contributed by atoms with Crippen molar-refractivity contribution in [1.29, 1.82) is 0 Å². The summed E-state index contributed by atoms with van der Waals surface area (Å²) in [7, 11) is 1.90. The lowest BCUT2D eigenvalue weighted by atomic mass is 10.0. The molecule has 2 aromatic carbocycles. The van der Waals surface area contributed by atoms with Crippen molar-refractivity contribution >= 4 is 15.9 Å². The molecule has 4 heteroatoms. The summed E-state index contributed by atoms with van der Waals surface area (Å²) in [4.78, 5) is 0. The number of pyridine rings is 1. The van der Waals surface area contributed by atoms with Crippen LogP contribution in [0.2, 0.25) is 0 Å². The van der Waals surface area contributed by atoms with Gasteiger partial charge < -0.3 is 4.74 Å². The van der Waals surface area contributed by atoms with E-state index in [0.717, 1.165) is 21.3 Å².